The minimum atomic E-state index is -0.114. The third-order valence-electron chi connectivity index (χ3n) is 6.06. The van der Waals surface area contributed by atoms with E-state index < -0.39 is 0 Å². The molecule has 186 valence electrons. The van der Waals surface area contributed by atoms with Crippen LogP contribution < -0.4 is 14.4 Å². The van der Waals surface area contributed by atoms with Crippen molar-refractivity contribution in [3.63, 3.8) is 0 Å². The maximum atomic E-state index is 12.1. The number of nitrogens with zero attached hydrogens (tertiary/aromatic N) is 2. The number of aromatic nitrogens is 1. The number of halogens is 1. The highest BCUT2D eigenvalue weighted by molar-refractivity contribution is 6.30. The number of hydrogen-bond donors (Lipinski definition) is 0. The van der Waals surface area contributed by atoms with E-state index in [-0.39, 0.29) is 11.9 Å². The Bertz CT molecular complexity index is 1110. The molecule has 1 aromatic heterocycles. The van der Waals surface area contributed by atoms with Crippen LogP contribution in [0.1, 0.15) is 31.9 Å². The van der Waals surface area contributed by atoms with Crippen LogP contribution in [0.5, 0.6) is 11.5 Å². The Labute approximate surface area is 210 Å². The molecule has 0 atom stereocenters. The fraction of sp³-hybridized carbons (Fsp3) is 0.407. The molecule has 0 spiro atoms. The first-order chi connectivity index (χ1) is 17.1. The van der Waals surface area contributed by atoms with Gasteiger partial charge in [-0.05, 0) is 50.5 Å². The zero-order valence-electron chi connectivity index (χ0n) is 20.2. The van der Waals surface area contributed by atoms with E-state index >= 15 is 0 Å². The van der Waals surface area contributed by atoms with Crippen LogP contribution in [0.2, 0.25) is 5.02 Å². The minimum absolute atomic E-state index is 0.0662. The Morgan fingerprint density at radius 1 is 1.11 bits per heavy atom. The number of oxazole rings is 1. The van der Waals surface area contributed by atoms with Crippen molar-refractivity contribution in [3.8, 4) is 22.8 Å². The topological polar surface area (TPSA) is 74.0 Å². The quantitative estimate of drug-likeness (QED) is 0.258. The number of para-hydroxylation sites is 2. The number of benzene rings is 2. The predicted molar refractivity (Wildman–Crippen MR) is 135 cm³/mol. The zero-order valence-corrected chi connectivity index (χ0v) is 20.9. The average Bonchev–Trinajstić information content (AvgIpc) is 3.31. The van der Waals surface area contributed by atoms with Crippen LogP contribution >= 0.6 is 11.6 Å². The fourth-order valence-corrected chi connectivity index (χ4v) is 4.32. The highest BCUT2D eigenvalue weighted by atomic mass is 35.5. The van der Waals surface area contributed by atoms with Gasteiger partial charge in [0, 0.05) is 30.1 Å². The zero-order chi connectivity index (χ0) is 24.6. The molecular formula is C27H31ClN2O5. The van der Waals surface area contributed by atoms with E-state index in [0.717, 1.165) is 42.0 Å². The van der Waals surface area contributed by atoms with Gasteiger partial charge in [-0.2, -0.15) is 4.98 Å². The molecule has 1 saturated heterocycles. The van der Waals surface area contributed by atoms with Crippen molar-refractivity contribution < 1.29 is 23.4 Å². The molecule has 0 amide bonds. The number of methoxy groups -OCH3 is 1. The van der Waals surface area contributed by atoms with E-state index in [9.17, 15) is 4.79 Å². The second-order valence-electron chi connectivity index (χ2n) is 8.39. The van der Waals surface area contributed by atoms with Gasteiger partial charge in [-0.25, -0.2) is 0 Å². The molecule has 0 aliphatic carbocycles. The number of piperidine rings is 1. The summed E-state index contributed by atoms with van der Waals surface area (Å²) >= 11 is 6.10. The van der Waals surface area contributed by atoms with Gasteiger partial charge >= 0.3 is 5.97 Å². The lowest BCUT2D eigenvalue weighted by atomic mass is 9.97. The molecule has 2 heterocycles. The summed E-state index contributed by atoms with van der Waals surface area (Å²) in [4.78, 5) is 19.0. The van der Waals surface area contributed by atoms with Gasteiger partial charge in [-0.3, -0.25) is 4.79 Å². The number of aryl methyl sites for hydroxylation is 1. The maximum absolute atomic E-state index is 12.1. The normalized spacial score (nSPS) is 14.1. The first-order valence-electron chi connectivity index (χ1n) is 12.0. The molecule has 0 bridgehead atoms. The van der Waals surface area contributed by atoms with E-state index in [1.165, 1.54) is 0 Å². The van der Waals surface area contributed by atoms with Gasteiger partial charge < -0.3 is 23.5 Å². The SMILES string of the molecule is CCOC(=O)C1CCN(c2nc(-c3ccc(Cl)cc3)c(CCCOc3ccccc3OC)o2)CC1. The standard InChI is InChI=1S/C27H31ClN2O5/c1-3-33-26(31)20-14-16-30(17-15-20)27-29-25(19-10-12-21(28)13-11-19)24(35-27)9-6-18-34-23-8-5-4-7-22(23)32-2/h4-5,7-8,10-13,20H,3,6,9,14-18H2,1-2H3. The first kappa shape index (κ1) is 24.9. The summed E-state index contributed by atoms with van der Waals surface area (Å²) in [7, 11) is 1.63. The number of esters is 1. The van der Waals surface area contributed by atoms with Gasteiger partial charge in [-0.15, -0.1) is 0 Å². The number of anilines is 1. The number of carbonyl (C=O) groups is 1. The summed E-state index contributed by atoms with van der Waals surface area (Å²) in [6, 6.07) is 15.8. The van der Waals surface area contributed by atoms with Gasteiger partial charge in [0.1, 0.15) is 11.5 Å². The van der Waals surface area contributed by atoms with Gasteiger partial charge in [-0.1, -0.05) is 35.9 Å². The van der Waals surface area contributed by atoms with Crippen LogP contribution in [0, 0.1) is 5.92 Å². The molecule has 4 rings (SSSR count). The van der Waals surface area contributed by atoms with Crippen molar-refractivity contribution in [2.24, 2.45) is 5.92 Å². The summed E-state index contributed by atoms with van der Waals surface area (Å²) < 4.78 is 22.7. The third-order valence-corrected chi connectivity index (χ3v) is 6.32. The molecule has 8 heteroatoms. The highest BCUT2D eigenvalue weighted by Crippen LogP contribution is 2.32. The second kappa shape index (κ2) is 12.0. The lowest BCUT2D eigenvalue weighted by Gasteiger charge is -2.29. The summed E-state index contributed by atoms with van der Waals surface area (Å²) in [6.07, 6.45) is 2.86. The van der Waals surface area contributed by atoms with Crippen LogP contribution in [0.4, 0.5) is 6.01 Å². The second-order valence-corrected chi connectivity index (χ2v) is 8.83. The smallest absolute Gasteiger partial charge is 0.309 e. The van der Waals surface area contributed by atoms with Crippen LogP contribution in [0.15, 0.2) is 52.9 Å². The van der Waals surface area contributed by atoms with E-state index in [1.54, 1.807) is 7.11 Å². The van der Waals surface area contributed by atoms with Crippen LogP contribution in [-0.4, -0.2) is 44.4 Å². The molecule has 1 aliphatic rings. The number of hydrogen-bond acceptors (Lipinski definition) is 7. The molecule has 1 fully saturated rings. The molecule has 1 aliphatic heterocycles. The van der Waals surface area contributed by atoms with E-state index in [4.69, 9.17) is 35.2 Å². The fourth-order valence-electron chi connectivity index (χ4n) is 4.20. The Morgan fingerprint density at radius 2 is 1.83 bits per heavy atom. The number of rotatable bonds is 10. The van der Waals surface area contributed by atoms with Crippen molar-refractivity contribution in [2.75, 3.05) is 38.3 Å². The summed E-state index contributed by atoms with van der Waals surface area (Å²) in [5.41, 5.74) is 1.76. The van der Waals surface area contributed by atoms with Crippen molar-refractivity contribution >= 4 is 23.6 Å². The molecule has 0 saturated carbocycles. The lowest BCUT2D eigenvalue weighted by Crippen LogP contribution is -2.37. The average molecular weight is 499 g/mol. The Kier molecular flexibility index (Phi) is 8.53. The minimum Gasteiger partial charge on any atom is -0.493 e. The first-order valence-corrected chi connectivity index (χ1v) is 12.4. The summed E-state index contributed by atoms with van der Waals surface area (Å²) in [5, 5.41) is 0.672. The molecule has 0 radical (unpaired) electrons. The number of ether oxygens (including phenoxy) is 3. The predicted octanol–water partition coefficient (Wildman–Crippen LogP) is 5.79. The van der Waals surface area contributed by atoms with Crippen LogP contribution in [0.3, 0.4) is 0 Å². The van der Waals surface area contributed by atoms with E-state index in [2.05, 4.69) is 4.90 Å². The Morgan fingerprint density at radius 3 is 2.51 bits per heavy atom. The third kappa shape index (κ3) is 6.28. The molecule has 0 unspecified atom stereocenters. The molecule has 35 heavy (non-hydrogen) atoms. The van der Waals surface area contributed by atoms with Crippen molar-refractivity contribution in [2.45, 2.75) is 32.6 Å². The molecule has 7 nitrogen and oxygen atoms in total. The van der Waals surface area contributed by atoms with Crippen molar-refractivity contribution in [1.29, 1.82) is 0 Å². The van der Waals surface area contributed by atoms with Crippen molar-refractivity contribution in [3.05, 3.63) is 59.3 Å². The monoisotopic (exact) mass is 498 g/mol. The van der Waals surface area contributed by atoms with Gasteiger partial charge in [0.15, 0.2) is 11.5 Å². The number of carbonyl (C=O) groups excluding carboxylic acids is 1. The van der Waals surface area contributed by atoms with E-state index in [0.29, 0.717) is 49.5 Å². The highest BCUT2D eigenvalue weighted by Gasteiger charge is 2.29. The Balaban J connectivity index is 1.45. The largest absolute Gasteiger partial charge is 0.493 e. The Hall–Kier alpha value is -3.19. The summed E-state index contributed by atoms with van der Waals surface area (Å²) in [6.45, 7) is 4.15. The van der Waals surface area contributed by atoms with Gasteiger partial charge in [0.25, 0.3) is 6.01 Å². The van der Waals surface area contributed by atoms with Crippen molar-refractivity contribution in [1.82, 2.24) is 4.98 Å². The molecule has 0 N–H and O–H groups in total. The molecule has 2 aromatic carbocycles. The maximum Gasteiger partial charge on any atom is 0.309 e. The van der Waals surface area contributed by atoms with Gasteiger partial charge in [0.05, 0.1) is 26.2 Å². The van der Waals surface area contributed by atoms with E-state index in [1.807, 2.05) is 55.5 Å². The lowest BCUT2D eigenvalue weighted by molar-refractivity contribution is -0.148. The summed E-state index contributed by atoms with van der Waals surface area (Å²) in [5.74, 6) is 2.05. The van der Waals surface area contributed by atoms with Crippen LogP contribution in [0.25, 0.3) is 11.3 Å². The van der Waals surface area contributed by atoms with Gasteiger partial charge in [0.2, 0.25) is 0 Å². The molecule has 3 aromatic rings. The van der Waals surface area contributed by atoms with Crippen LogP contribution in [-0.2, 0) is 16.0 Å². The molecular weight excluding hydrogens is 468 g/mol.